The first kappa shape index (κ1) is 24.1. The smallest absolute Gasteiger partial charge is 0.417 e. The van der Waals surface area contributed by atoms with E-state index in [1.807, 2.05) is 4.90 Å². The third-order valence-corrected chi connectivity index (χ3v) is 6.70. The summed E-state index contributed by atoms with van der Waals surface area (Å²) in [7, 11) is 1.58. The highest BCUT2D eigenvalue weighted by molar-refractivity contribution is 5.91. The lowest BCUT2D eigenvalue weighted by Gasteiger charge is -2.43. The zero-order chi connectivity index (χ0) is 24.3. The van der Waals surface area contributed by atoms with Crippen LogP contribution in [0, 0.1) is 22.7 Å². The highest BCUT2D eigenvalue weighted by atomic mass is 19.4. The van der Waals surface area contributed by atoms with E-state index in [2.05, 4.69) is 0 Å². The Morgan fingerprint density at radius 1 is 1.29 bits per heavy atom. The van der Waals surface area contributed by atoms with E-state index >= 15 is 0 Å². The van der Waals surface area contributed by atoms with Gasteiger partial charge in [-0.05, 0) is 42.7 Å². The number of anilines is 1. The molecule has 1 aromatic heterocycles. The lowest BCUT2D eigenvalue weighted by Crippen LogP contribution is -2.53. The van der Waals surface area contributed by atoms with Crippen molar-refractivity contribution in [2.24, 2.45) is 11.3 Å². The molecule has 0 unspecified atom stereocenters. The van der Waals surface area contributed by atoms with Crippen molar-refractivity contribution in [3.8, 4) is 6.07 Å². The van der Waals surface area contributed by atoms with Gasteiger partial charge in [-0.15, -0.1) is 0 Å². The molecule has 182 valence electrons. The number of amides is 1. The van der Waals surface area contributed by atoms with Crippen LogP contribution in [0.4, 0.5) is 18.9 Å². The Morgan fingerprint density at radius 2 is 2.12 bits per heavy atom. The standard InChI is InChI=1S/C24H26F3N3O4/c1-32-9-10-33-16-23-14-29(22(31)21-3-2-8-34-21)7-6-18(23)13-30(15-23)19-5-4-17(12-28)20(11-19)24(25,26)27/h2-5,8,11,18H,6-7,9-10,13-16H2,1H3/t18-,23+/m1/s1. The van der Waals surface area contributed by atoms with Crippen molar-refractivity contribution in [1.82, 2.24) is 4.90 Å². The third kappa shape index (κ3) is 4.76. The molecule has 0 N–H and O–H groups in total. The van der Waals surface area contributed by atoms with Gasteiger partial charge in [0.25, 0.3) is 5.91 Å². The maximum Gasteiger partial charge on any atom is 0.417 e. The van der Waals surface area contributed by atoms with Crippen LogP contribution in [0.3, 0.4) is 0 Å². The number of piperidine rings is 1. The van der Waals surface area contributed by atoms with Gasteiger partial charge in [0.15, 0.2) is 5.76 Å². The van der Waals surface area contributed by atoms with Gasteiger partial charge in [0.05, 0.1) is 43.3 Å². The lowest BCUT2D eigenvalue weighted by atomic mass is 9.74. The molecule has 2 aliphatic rings. The molecule has 3 heterocycles. The zero-order valence-corrected chi connectivity index (χ0v) is 18.8. The summed E-state index contributed by atoms with van der Waals surface area (Å²) in [5, 5.41) is 9.11. The Morgan fingerprint density at radius 3 is 2.79 bits per heavy atom. The third-order valence-electron chi connectivity index (χ3n) is 6.70. The van der Waals surface area contributed by atoms with E-state index in [1.165, 1.54) is 12.3 Å². The van der Waals surface area contributed by atoms with E-state index in [1.54, 1.807) is 36.3 Å². The topological polar surface area (TPSA) is 78.9 Å². The largest absolute Gasteiger partial charge is 0.459 e. The van der Waals surface area contributed by atoms with Crippen molar-refractivity contribution in [1.29, 1.82) is 5.26 Å². The highest BCUT2D eigenvalue weighted by Gasteiger charge is 2.51. The van der Waals surface area contributed by atoms with Crippen molar-refractivity contribution in [2.45, 2.75) is 12.6 Å². The first-order valence-corrected chi connectivity index (χ1v) is 11.0. The second-order valence-electron chi connectivity index (χ2n) is 8.82. The molecule has 34 heavy (non-hydrogen) atoms. The van der Waals surface area contributed by atoms with Gasteiger partial charge in [-0.2, -0.15) is 18.4 Å². The number of benzene rings is 1. The molecule has 0 spiro atoms. The summed E-state index contributed by atoms with van der Waals surface area (Å²) >= 11 is 0. The fourth-order valence-electron chi connectivity index (χ4n) is 4.99. The van der Waals surface area contributed by atoms with Gasteiger partial charge in [0.1, 0.15) is 0 Å². The van der Waals surface area contributed by atoms with Gasteiger partial charge in [-0.1, -0.05) is 0 Å². The van der Waals surface area contributed by atoms with Crippen molar-refractivity contribution in [2.75, 3.05) is 58.0 Å². The number of hydrogen-bond acceptors (Lipinski definition) is 6. The molecule has 1 amide bonds. The molecule has 2 aromatic rings. The number of furan rings is 1. The van der Waals surface area contributed by atoms with E-state index in [4.69, 9.17) is 19.2 Å². The van der Waals surface area contributed by atoms with E-state index in [0.717, 1.165) is 6.07 Å². The van der Waals surface area contributed by atoms with Crippen molar-refractivity contribution in [3.63, 3.8) is 0 Å². The monoisotopic (exact) mass is 477 g/mol. The zero-order valence-electron chi connectivity index (χ0n) is 18.8. The number of methoxy groups -OCH3 is 1. The van der Waals surface area contributed by atoms with Crippen LogP contribution in [0.5, 0.6) is 0 Å². The number of likely N-dealkylation sites (tertiary alicyclic amines) is 1. The van der Waals surface area contributed by atoms with Gasteiger partial charge in [0.2, 0.25) is 0 Å². The normalized spacial score (nSPS) is 22.5. The molecule has 2 saturated heterocycles. The van der Waals surface area contributed by atoms with E-state index < -0.39 is 22.7 Å². The Bertz CT molecular complexity index is 1050. The minimum Gasteiger partial charge on any atom is -0.459 e. The van der Waals surface area contributed by atoms with Crippen LogP contribution in [0.1, 0.15) is 28.1 Å². The molecule has 0 bridgehead atoms. The molecule has 2 atom stereocenters. The van der Waals surface area contributed by atoms with Crippen LogP contribution in [-0.2, 0) is 15.7 Å². The van der Waals surface area contributed by atoms with Crippen molar-refractivity contribution in [3.05, 3.63) is 53.5 Å². The maximum atomic E-state index is 13.5. The Balaban J connectivity index is 1.60. The Hall–Kier alpha value is -3.03. The summed E-state index contributed by atoms with van der Waals surface area (Å²) in [6.45, 7) is 3.05. The number of carbonyl (C=O) groups excluding carboxylic acids is 1. The summed E-state index contributed by atoms with van der Waals surface area (Å²) in [6.07, 6.45) is -2.48. The van der Waals surface area contributed by atoms with Gasteiger partial charge < -0.3 is 23.7 Å². The molecule has 2 aliphatic heterocycles. The summed E-state index contributed by atoms with van der Waals surface area (Å²) in [4.78, 5) is 16.6. The number of hydrogen-bond donors (Lipinski definition) is 0. The number of carbonyl (C=O) groups is 1. The van der Waals surface area contributed by atoms with E-state index in [-0.39, 0.29) is 17.6 Å². The van der Waals surface area contributed by atoms with Crippen LogP contribution in [0.15, 0.2) is 41.0 Å². The average molecular weight is 477 g/mol. The van der Waals surface area contributed by atoms with Crippen LogP contribution in [0.2, 0.25) is 0 Å². The number of fused-ring (bicyclic) bond motifs is 1. The second-order valence-corrected chi connectivity index (χ2v) is 8.82. The van der Waals surface area contributed by atoms with Crippen molar-refractivity contribution < 1.29 is 31.9 Å². The predicted octanol–water partition coefficient (Wildman–Crippen LogP) is 3.80. The number of nitrogens with zero attached hydrogens (tertiary/aromatic N) is 3. The van der Waals surface area contributed by atoms with Crippen LogP contribution in [0.25, 0.3) is 0 Å². The predicted molar refractivity (Wildman–Crippen MR) is 116 cm³/mol. The first-order valence-electron chi connectivity index (χ1n) is 11.0. The molecule has 7 nitrogen and oxygen atoms in total. The molecule has 0 saturated carbocycles. The number of halogens is 3. The van der Waals surface area contributed by atoms with Gasteiger partial charge in [0, 0.05) is 44.4 Å². The van der Waals surface area contributed by atoms with Crippen LogP contribution < -0.4 is 4.90 Å². The minimum atomic E-state index is -4.62. The molecule has 10 heteroatoms. The molecule has 1 aromatic carbocycles. The molecule has 4 rings (SSSR count). The fraction of sp³-hybridized carbons (Fsp3) is 0.500. The van der Waals surface area contributed by atoms with Crippen LogP contribution in [-0.4, -0.2) is 63.9 Å². The number of ether oxygens (including phenoxy) is 2. The SMILES string of the molecule is COCCOC[C@@]12CN(C(=O)c3ccco3)CC[C@@H]1CN(c1ccc(C#N)c(C(F)(F)F)c1)C2. The molecule has 0 aliphatic carbocycles. The first-order chi connectivity index (χ1) is 16.3. The van der Waals surface area contributed by atoms with Gasteiger partial charge in [-0.25, -0.2) is 0 Å². The number of alkyl halides is 3. The van der Waals surface area contributed by atoms with Gasteiger partial charge in [-0.3, -0.25) is 4.79 Å². The quantitative estimate of drug-likeness (QED) is 0.565. The average Bonchev–Trinajstić information content (AvgIpc) is 3.48. The minimum absolute atomic E-state index is 0.126. The second kappa shape index (κ2) is 9.68. The molecular formula is C24H26F3N3O4. The summed E-state index contributed by atoms with van der Waals surface area (Å²) in [5.74, 6) is 0.169. The fourth-order valence-corrected chi connectivity index (χ4v) is 4.99. The Kier molecular flexibility index (Phi) is 6.86. The number of rotatable bonds is 7. The summed E-state index contributed by atoms with van der Waals surface area (Å²) < 4.78 is 56.8. The molecule has 2 fully saturated rings. The molecule has 0 radical (unpaired) electrons. The summed E-state index contributed by atoms with van der Waals surface area (Å²) in [6, 6.07) is 8.71. The van der Waals surface area contributed by atoms with Crippen molar-refractivity contribution >= 4 is 11.6 Å². The van der Waals surface area contributed by atoms with Crippen LogP contribution >= 0.6 is 0 Å². The Labute approximate surface area is 195 Å². The summed E-state index contributed by atoms with van der Waals surface area (Å²) in [5.41, 5.74) is -1.40. The van der Waals surface area contributed by atoms with E-state index in [9.17, 15) is 18.0 Å². The maximum absolute atomic E-state index is 13.5. The van der Waals surface area contributed by atoms with Gasteiger partial charge >= 0.3 is 6.18 Å². The lowest BCUT2D eigenvalue weighted by molar-refractivity contribution is -0.137. The highest BCUT2D eigenvalue weighted by Crippen LogP contribution is 2.45. The number of nitriles is 1. The molecular weight excluding hydrogens is 451 g/mol. The van der Waals surface area contributed by atoms with E-state index in [0.29, 0.717) is 58.1 Å².